The maximum absolute atomic E-state index is 12.4. The lowest BCUT2D eigenvalue weighted by atomic mass is 10.1. The molecule has 0 aromatic rings. The molecule has 0 saturated heterocycles. The lowest BCUT2D eigenvalue weighted by Crippen LogP contribution is -2.52. The molecule has 150 valence electrons. The van der Waals surface area contributed by atoms with Gasteiger partial charge < -0.3 is 0 Å². The number of carbonyl (C=O) groups excluding carboxylic acids is 1. The minimum atomic E-state index is 0.443. The van der Waals surface area contributed by atoms with Gasteiger partial charge in [-0.15, -0.1) is 0 Å². The molecule has 0 aliphatic carbocycles. The van der Waals surface area contributed by atoms with Crippen LogP contribution in [-0.4, -0.2) is 30.0 Å². The molecule has 26 heavy (non-hydrogen) atoms. The highest BCUT2D eigenvalue weighted by Crippen LogP contribution is 2.14. The maximum atomic E-state index is 12.4. The second kappa shape index (κ2) is 17.3. The number of amides is 1. The molecule has 0 spiro atoms. The first-order valence-corrected chi connectivity index (χ1v) is 11.0. The van der Waals surface area contributed by atoms with Gasteiger partial charge in [-0.25, -0.2) is 4.79 Å². The predicted molar refractivity (Wildman–Crippen MR) is 116 cm³/mol. The highest BCUT2D eigenvalue weighted by Gasteiger charge is 2.29. The molecule has 1 amide bonds. The van der Waals surface area contributed by atoms with Gasteiger partial charge in [0.2, 0.25) is 0 Å². The normalized spacial score (nSPS) is 12.8. The van der Waals surface area contributed by atoms with E-state index in [2.05, 4.69) is 64.2 Å². The second-order valence-electron chi connectivity index (χ2n) is 7.09. The number of unbranched alkanes of at least 4 members (excludes halogenated alkanes) is 5. The molecule has 0 heterocycles. The van der Waals surface area contributed by atoms with Crippen molar-refractivity contribution in [2.75, 3.05) is 19.6 Å². The Morgan fingerprint density at radius 2 is 1.15 bits per heavy atom. The first kappa shape index (κ1) is 24.8. The summed E-state index contributed by atoms with van der Waals surface area (Å²) in [6, 6.07) is 0. The van der Waals surface area contributed by atoms with Crippen molar-refractivity contribution >= 4 is 5.91 Å². The van der Waals surface area contributed by atoms with Crippen molar-refractivity contribution in [3.05, 3.63) is 36.5 Å². The zero-order valence-electron chi connectivity index (χ0n) is 18.0. The van der Waals surface area contributed by atoms with Crippen LogP contribution >= 0.6 is 0 Å². The van der Waals surface area contributed by atoms with Crippen molar-refractivity contribution in [2.45, 2.75) is 91.9 Å². The number of allylic oxidation sites excluding steroid dienone is 6. The summed E-state index contributed by atoms with van der Waals surface area (Å²) in [4.78, 5) is 12.4. The second-order valence-corrected chi connectivity index (χ2v) is 7.09. The first-order chi connectivity index (χ1) is 12.7. The maximum Gasteiger partial charge on any atom is 0.313 e. The molecule has 0 aliphatic rings. The van der Waals surface area contributed by atoms with E-state index in [9.17, 15) is 4.79 Å². The summed E-state index contributed by atoms with van der Waals surface area (Å²) in [5.74, 6) is 0.443. The molecule has 0 saturated carbocycles. The van der Waals surface area contributed by atoms with Crippen molar-refractivity contribution in [1.29, 1.82) is 0 Å². The Balaban J connectivity index is 3.60. The summed E-state index contributed by atoms with van der Waals surface area (Å²) in [6.07, 6.45) is 24.7. The van der Waals surface area contributed by atoms with Gasteiger partial charge in [0, 0.05) is 0 Å². The van der Waals surface area contributed by atoms with Crippen molar-refractivity contribution in [2.24, 2.45) is 0 Å². The number of nitrogens with zero attached hydrogens (tertiary/aromatic N) is 1. The first-order valence-electron chi connectivity index (χ1n) is 11.0. The van der Waals surface area contributed by atoms with Crippen LogP contribution in [0.1, 0.15) is 91.9 Å². The van der Waals surface area contributed by atoms with Crippen molar-refractivity contribution in [3.63, 3.8) is 0 Å². The van der Waals surface area contributed by atoms with Crippen LogP contribution in [0.3, 0.4) is 0 Å². The van der Waals surface area contributed by atoms with Gasteiger partial charge in [-0.05, 0) is 59.3 Å². The molecule has 0 atom stereocenters. The molecule has 0 aromatic carbocycles. The van der Waals surface area contributed by atoms with Gasteiger partial charge in [0.1, 0.15) is 0 Å². The number of rotatable bonds is 16. The van der Waals surface area contributed by atoms with E-state index in [0.717, 1.165) is 51.7 Å². The van der Waals surface area contributed by atoms with Gasteiger partial charge in [0.25, 0.3) is 0 Å². The van der Waals surface area contributed by atoms with E-state index >= 15 is 0 Å². The SMILES string of the molecule is CC/C=C\C/C=C\C/C=C\CCCCCCCC(=O)[N+](CC)(CC)CC. The molecule has 0 aromatic heterocycles. The van der Waals surface area contributed by atoms with Crippen LogP contribution in [0.25, 0.3) is 0 Å². The standard InChI is InChI=1S/C24H44NO/c1-5-9-10-11-12-13-14-15-16-17-18-19-20-21-22-23-24(26)25(6-2,7-3)8-4/h9-10,12-13,15-16H,5-8,11,14,17-23H2,1-4H3/q+1/b10-9-,13-12-,16-15-. The fourth-order valence-electron chi connectivity index (χ4n) is 3.33. The molecule has 0 rings (SSSR count). The summed E-state index contributed by atoms with van der Waals surface area (Å²) >= 11 is 0. The minimum Gasteiger partial charge on any atom is -0.261 e. The summed E-state index contributed by atoms with van der Waals surface area (Å²) in [7, 11) is 0. The average molecular weight is 363 g/mol. The Hall–Kier alpha value is -1.15. The van der Waals surface area contributed by atoms with Crippen molar-refractivity contribution < 1.29 is 9.28 Å². The monoisotopic (exact) mass is 362 g/mol. The highest BCUT2D eigenvalue weighted by atomic mass is 16.2. The topological polar surface area (TPSA) is 17.1 Å². The Morgan fingerprint density at radius 1 is 0.654 bits per heavy atom. The fraction of sp³-hybridized carbons (Fsp3) is 0.708. The van der Waals surface area contributed by atoms with E-state index < -0.39 is 0 Å². The number of hydrogen-bond donors (Lipinski definition) is 0. The molecular weight excluding hydrogens is 318 g/mol. The lowest BCUT2D eigenvalue weighted by Gasteiger charge is -2.32. The van der Waals surface area contributed by atoms with Gasteiger partial charge in [-0.2, -0.15) is 0 Å². The lowest BCUT2D eigenvalue weighted by molar-refractivity contribution is -0.849. The molecule has 2 nitrogen and oxygen atoms in total. The molecule has 0 N–H and O–H groups in total. The summed E-state index contributed by atoms with van der Waals surface area (Å²) in [5.41, 5.74) is 0. The summed E-state index contributed by atoms with van der Waals surface area (Å²) in [5, 5.41) is 0. The van der Waals surface area contributed by atoms with E-state index in [0.29, 0.717) is 10.4 Å². The van der Waals surface area contributed by atoms with E-state index in [-0.39, 0.29) is 0 Å². The predicted octanol–water partition coefficient (Wildman–Crippen LogP) is 6.98. The molecule has 2 heteroatoms. The third kappa shape index (κ3) is 11.5. The fourth-order valence-corrected chi connectivity index (χ4v) is 3.33. The molecule has 0 unspecified atom stereocenters. The van der Waals surface area contributed by atoms with Crippen LogP contribution < -0.4 is 0 Å². The van der Waals surface area contributed by atoms with Gasteiger partial charge >= 0.3 is 5.91 Å². The zero-order chi connectivity index (χ0) is 19.5. The van der Waals surface area contributed by atoms with Gasteiger partial charge in [0.15, 0.2) is 0 Å². The number of carbonyl (C=O) groups is 1. The molecule has 0 aliphatic heterocycles. The van der Waals surface area contributed by atoms with Crippen LogP contribution in [-0.2, 0) is 4.79 Å². The average Bonchev–Trinajstić information content (AvgIpc) is 2.66. The van der Waals surface area contributed by atoms with Crippen molar-refractivity contribution in [3.8, 4) is 0 Å². The Morgan fingerprint density at radius 3 is 1.73 bits per heavy atom. The molecule has 0 radical (unpaired) electrons. The van der Waals surface area contributed by atoms with Crippen LogP contribution in [0.15, 0.2) is 36.5 Å². The van der Waals surface area contributed by atoms with Gasteiger partial charge in [0.05, 0.1) is 26.1 Å². The minimum absolute atomic E-state index is 0.443. The molecule has 0 bridgehead atoms. The third-order valence-corrected chi connectivity index (χ3v) is 5.39. The van der Waals surface area contributed by atoms with Gasteiger partial charge in [-0.3, -0.25) is 4.48 Å². The quantitative estimate of drug-likeness (QED) is 0.164. The summed E-state index contributed by atoms with van der Waals surface area (Å²) in [6.45, 7) is 11.4. The van der Waals surface area contributed by atoms with E-state index in [1.54, 1.807) is 0 Å². The summed E-state index contributed by atoms with van der Waals surface area (Å²) < 4.78 is 0.661. The van der Waals surface area contributed by atoms with Crippen LogP contribution in [0.4, 0.5) is 0 Å². The van der Waals surface area contributed by atoms with Gasteiger partial charge in [-0.1, -0.05) is 62.6 Å². The highest BCUT2D eigenvalue weighted by molar-refractivity contribution is 5.68. The Kier molecular flexibility index (Phi) is 16.5. The van der Waals surface area contributed by atoms with Crippen LogP contribution in [0.2, 0.25) is 0 Å². The molecule has 0 fully saturated rings. The largest absolute Gasteiger partial charge is 0.313 e. The van der Waals surface area contributed by atoms with E-state index in [1.165, 1.54) is 32.1 Å². The number of quaternary nitrogens is 1. The Labute approximate surface area is 163 Å². The Bertz CT molecular complexity index is 408. The number of hydrogen-bond acceptors (Lipinski definition) is 1. The van der Waals surface area contributed by atoms with Crippen LogP contribution in [0.5, 0.6) is 0 Å². The van der Waals surface area contributed by atoms with E-state index in [1.807, 2.05) is 0 Å². The van der Waals surface area contributed by atoms with Crippen LogP contribution in [0, 0.1) is 0 Å². The molecular formula is C24H44NO+. The zero-order valence-corrected chi connectivity index (χ0v) is 18.0. The smallest absolute Gasteiger partial charge is 0.261 e. The van der Waals surface area contributed by atoms with E-state index in [4.69, 9.17) is 0 Å². The van der Waals surface area contributed by atoms with Crippen molar-refractivity contribution in [1.82, 2.24) is 0 Å². The third-order valence-electron chi connectivity index (χ3n) is 5.39.